The van der Waals surface area contributed by atoms with Crippen molar-refractivity contribution < 1.29 is 19.3 Å². The van der Waals surface area contributed by atoms with Crippen LogP contribution < -0.4 is 0 Å². The Balaban J connectivity index is 2.08. The Kier molecular flexibility index (Phi) is 3.13. The molecule has 0 spiro atoms. The number of aliphatic hydroxyl groups excluding tert-OH is 2. The van der Waals surface area contributed by atoms with Gasteiger partial charge in [-0.2, -0.15) is 0 Å². The Labute approximate surface area is 119 Å². The summed E-state index contributed by atoms with van der Waals surface area (Å²) in [5, 5.41) is 19.3. The second-order valence-corrected chi connectivity index (χ2v) is 4.87. The average Bonchev–Trinajstić information content (AvgIpc) is 3.02. The molecule has 110 valence electrons. The van der Waals surface area contributed by atoms with Gasteiger partial charge < -0.3 is 14.9 Å². The normalized spacial score (nSPS) is 32.4. The van der Waals surface area contributed by atoms with E-state index in [9.17, 15) is 14.6 Å². The quantitative estimate of drug-likeness (QED) is 0.740. The molecule has 4 unspecified atom stereocenters. The summed E-state index contributed by atoms with van der Waals surface area (Å²) in [6, 6.07) is 0. The molecule has 8 heteroatoms. The topological polar surface area (TPSA) is 93.3 Å². The summed E-state index contributed by atoms with van der Waals surface area (Å²) in [5.74, 6) is 2.13. The highest BCUT2D eigenvalue weighted by molar-refractivity contribution is 5.72. The van der Waals surface area contributed by atoms with Crippen LogP contribution in [0.3, 0.4) is 0 Å². The smallest absolute Gasteiger partial charge is 0.182 e. The fourth-order valence-corrected chi connectivity index (χ4v) is 2.42. The minimum Gasteiger partial charge on any atom is -0.392 e. The third-order valence-corrected chi connectivity index (χ3v) is 3.68. The molecule has 3 rings (SSSR count). The summed E-state index contributed by atoms with van der Waals surface area (Å²) in [5.41, 5.74) is -0.265. The van der Waals surface area contributed by atoms with E-state index in [0.717, 1.165) is 0 Å². The van der Waals surface area contributed by atoms with Crippen LogP contribution in [0.5, 0.6) is 0 Å². The molecule has 3 heterocycles. The Hall–Kier alpha value is -2.08. The van der Waals surface area contributed by atoms with Gasteiger partial charge in [-0.25, -0.2) is 19.3 Å². The third-order valence-electron chi connectivity index (χ3n) is 3.68. The summed E-state index contributed by atoms with van der Waals surface area (Å²) < 4.78 is 21.1. The molecule has 0 aromatic carbocycles. The van der Waals surface area contributed by atoms with E-state index >= 15 is 0 Å². The number of alkyl halides is 1. The first-order valence-corrected chi connectivity index (χ1v) is 6.27. The maximum Gasteiger partial charge on any atom is 0.182 e. The number of ether oxygens (including phenoxy) is 1. The number of halogens is 1. The van der Waals surface area contributed by atoms with Crippen molar-refractivity contribution in [1.82, 2.24) is 19.5 Å². The van der Waals surface area contributed by atoms with Gasteiger partial charge in [-0.15, -0.1) is 6.42 Å². The van der Waals surface area contributed by atoms with E-state index in [4.69, 9.17) is 11.2 Å². The van der Waals surface area contributed by atoms with Gasteiger partial charge in [-0.05, 0) is 6.92 Å². The van der Waals surface area contributed by atoms with Crippen LogP contribution in [0, 0.1) is 19.3 Å². The van der Waals surface area contributed by atoms with Crippen molar-refractivity contribution in [2.24, 2.45) is 0 Å². The van der Waals surface area contributed by atoms with Gasteiger partial charge >= 0.3 is 0 Å². The van der Waals surface area contributed by atoms with Crippen LogP contribution in [-0.2, 0) is 4.74 Å². The zero-order valence-corrected chi connectivity index (χ0v) is 11.1. The van der Waals surface area contributed by atoms with E-state index in [0.29, 0.717) is 16.9 Å². The number of rotatable bonds is 2. The van der Waals surface area contributed by atoms with Gasteiger partial charge in [0.05, 0.1) is 18.6 Å². The molecule has 0 amide bonds. The van der Waals surface area contributed by atoms with Gasteiger partial charge in [0.15, 0.2) is 23.6 Å². The van der Waals surface area contributed by atoms with E-state index in [1.807, 2.05) is 0 Å². The molecular formula is C13H13FN4O3. The number of hydrogen-bond donors (Lipinski definition) is 2. The van der Waals surface area contributed by atoms with E-state index in [1.54, 1.807) is 6.92 Å². The molecule has 7 nitrogen and oxygen atoms in total. The lowest BCUT2D eigenvalue weighted by Crippen LogP contribution is -2.44. The third kappa shape index (κ3) is 1.82. The number of imidazole rings is 1. The van der Waals surface area contributed by atoms with Crippen molar-refractivity contribution in [1.29, 1.82) is 0 Å². The molecule has 2 N–H and O–H groups in total. The fraction of sp³-hybridized carbons (Fsp3) is 0.462. The number of aromatic nitrogens is 4. The first kappa shape index (κ1) is 13.9. The Morgan fingerprint density at radius 2 is 2.29 bits per heavy atom. The number of aliphatic hydroxyl groups is 2. The second kappa shape index (κ2) is 4.73. The van der Waals surface area contributed by atoms with Crippen molar-refractivity contribution in [3.05, 3.63) is 18.3 Å². The van der Waals surface area contributed by atoms with Gasteiger partial charge in [0.25, 0.3) is 0 Å². The number of nitrogens with zero attached hydrogens (tertiary/aromatic N) is 4. The molecule has 2 aromatic rings. The summed E-state index contributed by atoms with van der Waals surface area (Å²) in [7, 11) is 0. The van der Waals surface area contributed by atoms with Gasteiger partial charge in [0, 0.05) is 0 Å². The zero-order valence-electron chi connectivity index (χ0n) is 11.1. The highest BCUT2D eigenvalue weighted by Gasteiger charge is 2.55. The van der Waals surface area contributed by atoms with Crippen molar-refractivity contribution >= 4 is 11.2 Å². The van der Waals surface area contributed by atoms with Gasteiger partial charge in [-0.1, -0.05) is 5.92 Å². The molecule has 1 fully saturated rings. The van der Waals surface area contributed by atoms with Crippen LogP contribution >= 0.6 is 0 Å². The maximum absolute atomic E-state index is 14.4. The van der Waals surface area contributed by atoms with Crippen molar-refractivity contribution in [3.8, 4) is 12.3 Å². The second-order valence-electron chi connectivity index (χ2n) is 4.87. The highest BCUT2D eigenvalue weighted by Crippen LogP contribution is 2.39. The van der Waals surface area contributed by atoms with E-state index in [-0.39, 0.29) is 0 Å². The molecule has 0 radical (unpaired) electrons. The lowest BCUT2D eigenvalue weighted by molar-refractivity contribution is -0.0900. The summed E-state index contributed by atoms with van der Waals surface area (Å²) in [4.78, 5) is 12.2. The molecule has 0 aliphatic carbocycles. The van der Waals surface area contributed by atoms with Crippen LogP contribution in [0.1, 0.15) is 11.9 Å². The minimum atomic E-state index is -1.82. The minimum absolute atomic E-state index is 0.369. The fourth-order valence-electron chi connectivity index (χ4n) is 2.42. The predicted octanol–water partition coefficient (Wildman–Crippen LogP) is -0.273. The summed E-state index contributed by atoms with van der Waals surface area (Å²) >= 11 is 0. The Morgan fingerprint density at radius 1 is 1.52 bits per heavy atom. The zero-order chi connectivity index (χ0) is 15.2. The molecule has 1 saturated heterocycles. The molecule has 1 aliphatic rings. The Bertz CT molecular complexity index is 728. The number of fused-ring (bicyclic) bond motifs is 1. The number of terminal acetylenes is 1. The molecule has 21 heavy (non-hydrogen) atoms. The van der Waals surface area contributed by atoms with Crippen LogP contribution in [0.2, 0.25) is 0 Å². The van der Waals surface area contributed by atoms with Gasteiger partial charge in [0.1, 0.15) is 17.9 Å². The Morgan fingerprint density at radius 3 is 2.90 bits per heavy atom. The van der Waals surface area contributed by atoms with Crippen LogP contribution in [-0.4, -0.2) is 54.2 Å². The van der Waals surface area contributed by atoms with E-state index < -0.39 is 30.7 Å². The summed E-state index contributed by atoms with van der Waals surface area (Å²) in [6.07, 6.45) is 3.27. The average molecular weight is 292 g/mol. The standard InChI is InChI=1S/C13H13FN4O3/c1-3-13(4-19)10(20)8(14)12(21-13)18-6-17-9-7(2)15-5-16-11(9)18/h1,5-6,8,10,12,19-20H,4H2,2H3. The van der Waals surface area contributed by atoms with Crippen molar-refractivity contribution in [2.45, 2.75) is 31.0 Å². The largest absolute Gasteiger partial charge is 0.392 e. The van der Waals surface area contributed by atoms with Crippen LogP contribution in [0.15, 0.2) is 12.7 Å². The predicted molar refractivity (Wildman–Crippen MR) is 69.7 cm³/mol. The molecule has 1 aliphatic heterocycles. The highest BCUT2D eigenvalue weighted by atomic mass is 19.1. The van der Waals surface area contributed by atoms with E-state index in [1.165, 1.54) is 17.2 Å². The summed E-state index contributed by atoms with van der Waals surface area (Å²) in [6.45, 7) is 1.06. The molecule has 0 saturated carbocycles. The lowest BCUT2D eigenvalue weighted by Gasteiger charge is -2.23. The van der Waals surface area contributed by atoms with E-state index in [2.05, 4.69) is 20.9 Å². The van der Waals surface area contributed by atoms with Crippen molar-refractivity contribution in [2.75, 3.05) is 6.61 Å². The molecule has 4 atom stereocenters. The number of aryl methyl sites for hydroxylation is 1. The SMILES string of the molecule is C#CC1(CO)OC(n2cnc3c(C)ncnc32)C(F)C1O. The van der Waals surface area contributed by atoms with Gasteiger partial charge in [-0.3, -0.25) is 4.57 Å². The van der Waals surface area contributed by atoms with Gasteiger partial charge in [0.2, 0.25) is 0 Å². The first-order chi connectivity index (χ1) is 10.0. The first-order valence-electron chi connectivity index (χ1n) is 6.27. The monoisotopic (exact) mass is 292 g/mol. The molecule has 0 bridgehead atoms. The lowest BCUT2D eigenvalue weighted by atomic mass is 9.98. The molecule has 2 aromatic heterocycles. The van der Waals surface area contributed by atoms with Crippen LogP contribution in [0.4, 0.5) is 4.39 Å². The van der Waals surface area contributed by atoms with Crippen molar-refractivity contribution in [3.63, 3.8) is 0 Å². The molecular weight excluding hydrogens is 279 g/mol. The van der Waals surface area contributed by atoms with Crippen LogP contribution in [0.25, 0.3) is 11.2 Å². The number of hydrogen-bond acceptors (Lipinski definition) is 6. The maximum atomic E-state index is 14.4.